The van der Waals surface area contributed by atoms with Gasteiger partial charge in [-0.2, -0.15) is 0 Å². The highest BCUT2D eigenvalue weighted by Gasteiger charge is 2.58. The molecule has 16 heavy (non-hydrogen) atoms. The van der Waals surface area contributed by atoms with E-state index in [0.717, 1.165) is 38.8 Å². The summed E-state index contributed by atoms with van der Waals surface area (Å²) >= 11 is 0. The van der Waals surface area contributed by atoms with Gasteiger partial charge in [0.05, 0.1) is 18.1 Å². The van der Waals surface area contributed by atoms with Crippen molar-refractivity contribution in [2.75, 3.05) is 19.7 Å². The zero-order valence-electron chi connectivity index (χ0n) is 9.87. The topological polar surface area (TPSA) is 55.6 Å². The maximum atomic E-state index is 12.4. The highest BCUT2D eigenvalue weighted by atomic mass is 16.5. The molecule has 1 saturated carbocycles. The van der Waals surface area contributed by atoms with E-state index in [9.17, 15) is 4.79 Å². The van der Waals surface area contributed by atoms with Crippen LogP contribution < -0.4 is 5.73 Å². The van der Waals surface area contributed by atoms with Crippen molar-refractivity contribution >= 4 is 5.91 Å². The fourth-order valence-electron chi connectivity index (χ4n) is 3.12. The summed E-state index contributed by atoms with van der Waals surface area (Å²) in [7, 11) is 0. The summed E-state index contributed by atoms with van der Waals surface area (Å²) in [5, 5.41) is 0. The summed E-state index contributed by atoms with van der Waals surface area (Å²) in [6.45, 7) is 4.36. The Hall–Kier alpha value is -0.610. The Bertz CT molecular complexity index is 305. The Kier molecular flexibility index (Phi) is 2.11. The molecule has 1 aliphatic carbocycles. The number of nitrogens with two attached hydrogens (primary N) is 1. The molecule has 2 bridgehead atoms. The first-order valence-electron chi connectivity index (χ1n) is 6.21. The van der Waals surface area contributed by atoms with Gasteiger partial charge in [0.2, 0.25) is 5.91 Å². The minimum atomic E-state index is -0.146. The monoisotopic (exact) mass is 224 g/mol. The molecule has 3 saturated heterocycles. The zero-order valence-corrected chi connectivity index (χ0v) is 9.87. The van der Waals surface area contributed by atoms with Gasteiger partial charge >= 0.3 is 0 Å². The maximum absolute atomic E-state index is 12.4. The van der Waals surface area contributed by atoms with Crippen LogP contribution in [0.1, 0.15) is 32.6 Å². The molecule has 0 aromatic rings. The molecule has 0 unspecified atom stereocenters. The van der Waals surface area contributed by atoms with Crippen LogP contribution in [0.2, 0.25) is 0 Å². The fourth-order valence-corrected chi connectivity index (χ4v) is 3.12. The van der Waals surface area contributed by atoms with E-state index in [0.29, 0.717) is 18.6 Å². The molecular weight excluding hydrogens is 204 g/mol. The molecule has 4 fully saturated rings. The number of hydrogen-bond donors (Lipinski definition) is 1. The van der Waals surface area contributed by atoms with Crippen LogP contribution in [0.15, 0.2) is 0 Å². The molecule has 4 aliphatic rings. The molecule has 0 spiro atoms. The van der Waals surface area contributed by atoms with Crippen molar-refractivity contribution in [2.24, 2.45) is 11.1 Å². The second-order valence-corrected chi connectivity index (χ2v) is 6.07. The normalized spacial score (nSPS) is 40.6. The van der Waals surface area contributed by atoms with Crippen molar-refractivity contribution in [3.8, 4) is 0 Å². The lowest BCUT2D eigenvalue weighted by atomic mass is 9.69. The number of carbonyl (C=O) groups excluding carboxylic acids is 1. The molecule has 0 aromatic carbocycles. The van der Waals surface area contributed by atoms with Gasteiger partial charge in [-0.3, -0.25) is 4.79 Å². The van der Waals surface area contributed by atoms with Gasteiger partial charge in [-0.15, -0.1) is 0 Å². The summed E-state index contributed by atoms with van der Waals surface area (Å²) < 4.78 is 5.51. The molecule has 0 radical (unpaired) electrons. The lowest BCUT2D eigenvalue weighted by Gasteiger charge is -2.43. The number of likely N-dealkylation sites (tertiary alicyclic amines) is 1. The third-order valence-electron chi connectivity index (χ3n) is 4.48. The molecule has 0 atom stereocenters. The fraction of sp³-hybridized carbons (Fsp3) is 0.917. The van der Waals surface area contributed by atoms with Crippen LogP contribution in [0.3, 0.4) is 0 Å². The summed E-state index contributed by atoms with van der Waals surface area (Å²) in [5.74, 6) is 0.316. The first-order chi connectivity index (χ1) is 7.51. The molecule has 2 N–H and O–H groups in total. The second kappa shape index (κ2) is 3.20. The van der Waals surface area contributed by atoms with Crippen LogP contribution in [0.5, 0.6) is 0 Å². The molecule has 3 heterocycles. The van der Waals surface area contributed by atoms with Crippen molar-refractivity contribution in [1.82, 2.24) is 4.90 Å². The van der Waals surface area contributed by atoms with Crippen molar-refractivity contribution in [3.05, 3.63) is 0 Å². The molecule has 0 aromatic heterocycles. The average molecular weight is 224 g/mol. The lowest BCUT2D eigenvalue weighted by molar-refractivity contribution is -0.145. The number of hydrogen-bond acceptors (Lipinski definition) is 3. The number of rotatable bonds is 1. The maximum Gasteiger partial charge on any atom is 0.231 e. The van der Waals surface area contributed by atoms with Gasteiger partial charge in [0, 0.05) is 18.6 Å². The Labute approximate surface area is 96.1 Å². The van der Waals surface area contributed by atoms with Crippen molar-refractivity contribution < 1.29 is 9.53 Å². The van der Waals surface area contributed by atoms with Gasteiger partial charge in [0.1, 0.15) is 0 Å². The van der Waals surface area contributed by atoms with Crippen LogP contribution in [0, 0.1) is 5.41 Å². The third-order valence-corrected chi connectivity index (χ3v) is 4.48. The summed E-state index contributed by atoms with van der Waals surface area (Å²) in [4.78, 5) is 14.4. The molecule has 4 heteroatoms. The first kappa shape index (κ1) is 10.5. The van der Waals surface area contributed by atoms with Crippen LogP contribution >= 0.6 is 0 Å². The van der Waals surface area contributed by atoms with Gasteiger partial charge in [-0.25, -0.2) is 0 Å². The van der Waals surface area contributed by atoms with E-state index in [4.69, 9.17) is 10.5 Å². The largest absolute Gasteiger partial charge is 0.377 e. The molecular formula is C12H20N2O2. The van der Waals surface area contributed by atoms with Crippen molar-refractivity contribution in [3.63, 3.8) is 0 Å². The minimum absolute atomic E-state index is 0.0806. The lowest BCUT2D eigenvalue weighted by Crippen LogP contribution is -2.55. The first-order valence-corrected chi connectivity index (χ1v) is 6.21. The third kappa shape index (κ3) is 1.47. The van der Waals surface area contributed by atoms with Gasteiger partial charge < -0.3 is 15.4 Å². The smallest absolute Gasteiger partial charge is 0.231 e. The van der Waals surface area contributed by atoms with Crippen LogP contribution in [-0.2, 0) is 9.53 Å². The van der Waals surface area contributed by atoms with E-state index in [-0.39, 0.29) is 11.0 Å². The summed E-state index contributed by atoms with van der Waals surface area (Å²) in [6, 6.07) is 0. The number of nitrogens with zero attached hydrogens (tertiary/aromatic N) is 1. The van der Waals surface area contributed by atoms with Crippen LogP contribution in [0.4, 0.5) is 0 Å². The SMILES string of the molecule is CC1(N)CCN(C(=O)C23COC(C2)C3)CC1. The predicted octanol–water partition coefficient (Wildman–Crippen LogP) is 0.505. The van der Waals surface area contributed by atoms with Crippen molar-refractivity contribution in [1.29, 1.82) is 0 Å². The van der Waals surface area contributed by atoms with Gasteiger partial charge in [-0.05, 0) is 32.6 Å². The number of amides is 1. The van der Waals surface area contributed by atoms with E-state index in [2.05, 4.69) is 6.92 Å². The summed E-state index contributed by atoms with van der Waals surface area (Å²) in [6.07, 6.45) is 4.09. The standard InChI is InChI=1S/C12H20N2O2/c1-11(13)2-4-14(5-3-11)10(15)12-6-9(7-12)16-8-12/h9H,2-8,13H2,1H3. The highest BCUT2D eigenvalue weighted by Crippen LogP contribution is 2.51. The number of piperidine rings is 1. The van der Waals surface area contributed by atoms with Gasteiger partial charge in [-0.1, -0.05) is 0 Å². The predicted molar refractivity (Wildman–Crippen MR) is 59.8 cm³/mol. The van der Waals surface area contributed by atoms with E-state index in [1.54, 1.807) is 0 Å². The average Bonchev–Trinajstić information content (AvgIpc) is 2.75. The highest BCUT2D eigenvalue weighted by molar-refractivity contribution is 5.84. The number of fused-ring (bicyclic) bond motifs is 1. The molecule has 90 valence electrons. The van der Waals surface area contributed by atoms with Crippen LogP contribution in [-0.4, -0.2) is 42.1 Å². The number of carbonyl (C=O) groups is 1. The van der Waals surface area contributed by atoms with Crippen molar-refractivity contribution in [2.45, 2.75) is 44.2 Å². The zero-order chi connectivity index (χ0) is 11.4. The Morgan fingerprint density at radius 1 is 1.38 bits per heavy atom. The Morgan fingerprint density at radius 3 is 2.50 bits per heavy atom. The molecule has 4 rings (SSSR count). The quantitative estimate of drug-likeness (QED) is 0.706. The van der Waals surface area contributed by atoms with Crippen LogP contribution in [0.25, 0.3) is 0 Å². The van der Waals surface area contributed by atoms with E-state index in [1.165, 1.54) is 0 Å². The van der Waals surface area contributed by atoms with E-state index < -0.39 is 0 Å². The Morgan fingerprint density at radius 2 is 2.00 bits per heavy atom. The summed E-state index contributed by atoms with van der Waals surface area (Å²) in [5.41, 5.74) is 5.85. The number of ether oxygens (including phenoxy) is 1. The second-order valence-electron chi connectivity index (χ2n) is 6.07. The molecule has 3 aliphatic heterocycles. The van der Waals surface area contributed by atoms with Gasteiger partial charge in [0.25, 0.3) is 0 Å². The minimum Gasteiger partial charge on any atom is -0.377 e. The molecule has 1 amide bonds. The van der Waals surface area contributed by atoms with Gasteiger partial charge in [0.15, 0.2) is 0 Å². The Balaban J connectivity index is 1.64. The van der Waals surface area contributed by atoms with E-state index >= 15 is 0 Å². The van der Waals surface area contributed by atoms with E-state index in [1.807, 2.05) is 4.90 Å². The molecule has 4 nitrogen and oxygen atoms in total.